The third kappa shape index (κ3) is 4.34. The van der Waals surface area contributed by atoms with Gasteiger partial charge in [-0.25, -0.2) is 4.98 Å². The zero-order valence-corrected chi connectivity index (χ0v) is 17.0. The van der Waals surface area contributed by atoms with Gasteiger partial charge in [-0.3, -0.25) is 25.2 Å². The second-order valence-corrected chi connectivity index (χ2v) is 8.02. The van der Waals surface area contributed by atoms with Crippen LogP contribution >= 0.6 is 23.1 Å². The standard InChI is InChI=1S/C18H18N4O4S2/c1-9-10(2)28-17-14(9)16(25)19-18(20-17)27-8-13(23)21-22-15(24)11-4-6-12(26-3)7-5-11/h4-7H,8H2,1-3H3,(H,21,23)(H,22,24)(H,19,20,25). The number of benzene rings is 1. The molecule has 0 saturated heterocycles. The van der Waals surface area contributed by atoms with Gasteiger partial charge in [0.2, 0.25) is 5.91 Å². The molecule has 0 saturated carbocycles. The van der Waals surface area contributed by atoms with Gasteiger partial charge in [-0.05, 0) is 43.7 Å². The Hall–Kier alpha value is -2.85. The lowest BCUT2D eigenvalue weighted by Crippen LogP contribution is -2.42. The summed E-state index contributed by atoms with van der Waals surface area (Å²) < 4.78 is 5.03. The molecule has 2 heterocycles. The highest BCUT2D eigenvalue weighted by Crippen LogP contribution is 2.27. The fraction of sp³-hybridized carbons (Fsp3) is 0.222. The molecule has 3 aromatic rings. The molecule has 0 aliphatic rings. The van der Waals surface area contributed by atoms with Gasteiger partial charge >= 0.3 is 0 Å². The van der Waals surface area contributed by atoms with E-state index in [1.807, 2.05) is 13.8 Å². The van der Waals surface area contributed by atoms with E-state index in [1.54, 1.807) is 24.3 Å². The van der Waals surface area contributed by atoms with Crippen molar-refractivity contribution in [2.75, 3.05) is 12.9 Å². The fourth-order valence-corrected chi connectivity index (χ4v) is 4.16. The van der Waals surface area contributed by atoms with Crippen LogP contribution in [0.3, 0.4) is 0 Å². The number of aromatic nitrogens is 2. The van der Waals surface area contributed by atoms with Gasteiger partial charge in [0.05, 0.1) is 18.2 Å². The maximum Gasteiger partial charge on any atom is 0.269 e. The molecule has 2 aromatic heterocycles. The first-order valence-electron chi connectivity index (χ1n) is 8.25. The van der Waals surface area contributed by atoms with Crippen molar-refractivity contribution in [1.82, 2.24) is 20.8 Å². The average Bonchev–Trinajstić information content (AvgIpc) is 2.98. The van der Waals surface area contributed by atoms with E-state index in [9.17, 15) is 14.4 Å². The van der Waals surface area contributed by atoms with Crippen LogP contribution in [0.15, 0.2) is 34.2 Å². The van der Waals surface area contributed by atoms with Crippen LogP contribution < -0.4 is 21.1 Å². The number of aryl methyl sites for hydroxylation is 2. The van der Waals surface area contributed by atoms with Crippen molar-refractivity contribution in [2.24, 2.45) is 0 Å². The number of hydrogen-bond acceptors (Lipinski definition) is 7. The quantitative estimate of drug-likeness (QED) is 0.332. The van der Waals surface area contributed by atoms with Crippen LogP contribution in [0.2, 0.25) is 0 Å². The summed E-state index contributed by atoms with van der Waals surface area (Å²) in [6, 6.07) is 6.48. The van der Waals surface area contributed by atoms with E-state index < -0.39 is 11.8 Å². The van der Waals surface area contributed by atoms with Crippen LogP contribution in [0.25, 0.3) is 10.2 Å². The lowest BCUT2D eigenvalue weighted by Gasteiger charge is -2.07. The molecule has 1 aromatic carbocycles. The summed E-state index contributed by atoms with van der Waals surface area (Å²) in [5, 5.41) is 0.943. The minimum atomic E-state index is -0.446. The van der Waals surface area contributed by atoms with E-state index in [2.05, 4.69) is 20.8 Å². The molecule has 3 N–H and O–H groups in total. The van der Waals surface area contributed by atoms with E-state index in [4.69, 9.17) is 4.74 Å². The lowest BCUT2D eigenvalue weighted by molar-refractivity contribution is -0.119. The van der Waals surface area contributed by atoms with Gasteiger partial charge in [-0.1, -0.05) is 11.8 Å². The van der Waals surface area contributed by atoms with Crippen molar-refractivity contribution in [2.45, 2.75) is 19.0 Å². The van der Waals surface area contributed by atoms with Crippen LogP contribution in [-0.4, -0.2) is 34.6 Å². The van der Waals surface area contributed by atoms with Crippen LogP contribution in [0.5, 0.6) is 5.75 Å². The number of hydrazine groups is 1. The van der Waals surface area contributed by atoms with Crippen LogP contribution in [0.4, 0.5) is 0 Å². The predicted octanol–water partition coefficient (Wildman–Crippen LogP) is 2.16. The highest BCUT2D eigenvalue weighted by atomic mass is 32.2. The monoisotopic (exact) mass is 418 g/mol. The number of rotatable bonds is 5. The zero-order chi connectivity index (χ0) is 20.3. The van der Waals surface area contributed by atoms with E-state index in [0.717, 1.165) is 22.2 Å². The Morgan fingerprint density at radius 1 is 1.21 bits per heavy atom. The topological polar surface area (TPSA) is 113 Å². The summed E-state index contributed by atoms with van der Waals surface area (Å²) in [6.07, 6.45) is 0. The molecular weight excluding hydrogens is 400 g/mol. The van der Waals surface area contributed by atoms with Crippen LogP contribution in [0.1, 0.15) is 20.8 Å². The molecule has 0 spiro atoms. The van der Waals surface area contributed by atoms with Gasteiger partial charge in [0.25, 0.3) is 11.5 Å². The van der Waals surface area contributed by atoms with Crippen molar-refractivity contribution in [3.63, 3.8) is 0 Å². The van der Waals surface area contributed by atoms with Crippen molar-refractivity contribution >= 4 is 45.1 Å². The number of aromatic amines is 1. The Morgan fingerprint density at radius 3 is 2.61 bits per heavy atom. The number of hydrogen-bond donors (Lipinski definition) is 3. The highest BCUT2D eigenvalue weighted by Gasteiger charge is 2.13. The molecular formula is C18H18N4O4S2. The molecule has 0 atom stereocenters. The summed E-state index contributed by atoms with van der Waals surface area (Å²) in [5.74, 6) is -0.251. The summed E-state index contributed by atoms with van der Waals surface area (Å²) in [5.41, 5.74) is 5.76. The normalized spacial score (nSPS) is 10.7. The van der Waals surface area contributed by atoms with E-state index in [0.29, 0.717) is 26.7 Å². The number of thioether (sulfide) groups is 1. The van der Waals surface area contributed by atoms with Crippen LogP contribution in [-0.2, 0) is 4.79 Å². The summed E-state index contributed by atoms with van der Waals surface area (Å²) in [6.45, 7) is 3.82. The first-order valence-corrected chi connectivity index (χ1v) is 10.1. The smallest absolute Gasteiger partial charge is 0.269 e. The molecule has 28 heavy (non-hydrogen) atoms. The Balaban J connectivity index is 1.56. The van der Waals surface area contributed by atoms with Crippen molar-refractivity contribution in [1.29, 1.82) is 0 Å². The molecule has 8 nitrogen and oxygen atoms in total. The Labute approximate surface area is 168 Å². The maximum atomic E-state index is 12.2. The van der Waals surface area contributed by atoms with Gasteiger partial charge in [0.15, 0.2) is 5.16 Å². The number of ether oxygens (including phenoxy) is 1. The summed E-state index contributed by atoms with van der Waals surface area (Å²) >= 11 is 2.53. The molecule has 2 amide bonds. The van der Waals surface area contributed by atoms with Crippen molar-refractivity contribution in [3.05, 3.63) is 50.6 Å². The molecule has 10 heteroatoms. The molecule has 0 fully saturated rings. The second kappa shape index (κ2) is 8.44. The number of nitrogens with one attached hydrogen (secondary N) is 3. The average molecular weight is 419 g/mol. The fourth-order valence-electron chi connectivity index (χ4n) is 2.41. The van der Waals surface area contributed by atoms with Gasteiger partial charge in [-0.2, -0.15) is 0 Å². The third-order valence-corrected chi connectivity index (χ3v) is 6.00. The Bertz CT molecular complexity index is 1090. The molecule has 0 radical (unpaired) electrons. The number of nitrogens with zero attached hydrogens (tertiary/aromatic N) is 1. The number of H-pyrrole nitrogens is 1. The number of carbonyl (C=O) groups is 2. The number of methoxy groups -OCH3 is 1. The Kier molecular flexibility index (Phi) is 6.00. The van der Waals surface area contributed by atoms with Crippen molar-refractivity contribution in [3.8, 4) is 5.75 Å². The molecule has 0 unspecified atom stereocenters. The minimum absolute atomic E-state index is 0.0132. The lowest BCUT2D eigenvalue weighted by atomic mass is 10.2. The molecule has 0 aliphatic heterocycles. The first-order chi connectivity index (χ1) is 13.4. The summed E-state index contributed by atoms with van der Waals surface area (Å²) in [7, 11) is 1.54. The highest BCUT2D eigenvalue weighted by molar-refractivity contribution is 7.99. The third-order valence-electron chi connectivity index (χ3n) is 4.02. The van der Waals surface area contributed by atoms with Gasteiger partial charge in [0, 0.05) is 10.4 Å². The summed E-state index contributed by atoms with van der Waals surface area (Å²) in [4.78, 5) is 45.0. The van der Waals surface area contributed by atoms with E-state index in [-0.39, 0.29) is 11.3 Å². The van der Waals surface area contributed by atoms with Crippen LogP contribution in [0, 0.1) is 13.8 Å². The Morgan fingerprint density at radius 2 is 1.93 bits per heavy atom. The SMILES string of the molecule is COc1ccc(C(=O)NNC(=O)CSc2nc3sc(C)c(C)c3c(=O)[nH]2)cc1. The van der Waals surface area contributed by atoms with Gasteiger partial charge in [-0.15, -0.1) is 11.3 Å². The van der Waals surface area contributed by atoms with Gasteiger partial charge < -0.3 is 9.72 Å². The first kappa shape index (κ1) is 19.9. The van der Waals surface area contributed by atoms with Crippen molar-refractivity contribution < 1.29 is 14.3 Å². The largest absolute Gasteiger partial charge is 0.497 e. The number of amides is 2. The zero-order valence-electron chi connectivity index (χ0n) is 15.4. The minimum Gasteiger partial charge on any atom is -0.497 e. The van der Waals surface area contributed by atoms with E-state index in [1.165, 1.54) is 18.4 Å². The van der Waals surface area contributed by atoms with Gasteiger partial charge in [0.1, 0.15) is 10.6 Å². The van der Waals surface area contributed by atoms with E-state index >= 15 is 0 Å². The maximum absolute atomic E-state index is 12.2. The molecule has 146 valence electrons. The number of carbonyl (C=O) groups excluding carboxylic acids is 2. The molecule has 0 aliphatic carbocycles. The number of fused-ring (bicyclic) bond motifs is 1. The molecule has 0 bridgehead atoms. The second-order valence-electron chi connectivity index (χ2n) is 5.85. The number of thiophene rings is 1. The predicted molar refractivity (Wildman–Crippen MR) is 109 cm³/mol. The molecule has 3 rings (SSSR count).